The number of halogens is 1. The van der Waals surface area contributed by atoms with Gasteiger partial charge in [0.05, 0.1) is 0 Å². The summed E-state index contributed by atoms with van der Waals surface area (Å²) in [7, 11) is 0. The van der Waals surface area contributed by atoms with Crippen LogP contribution in [0.15, 0.2) is 29.8 Å². The highest BCUT2D eigenvalue weighted by Gasteiger charge is 2.14. The van der Waals surface area contributed by atoms with Gasteiger partial charge in [-0.3, -0.25) is 0 Å². The normalized spacial score (nSPS) is 16.4. The Kier molecular flexibility index (Phi) is 2.93. The number of allylic oxidation sites excluding steroid dienone is 2. The minimum atomic E-state index is 0.845. The Labute approximate surface area is 90.6 Å². The summed E-state index contributed by atoms with van der Waals surface area (Å²) in [5.74, 6) is 0. The highest BCUT2D eigenvalue weighted by Crippen LogP contribution is 2.35. The summed E-state index contributed by atoms with van der Waals surface area (Å²) in [6.45, 7) is 2.24. The smallest absolute Gasteiger partial charge is 0.0412 e. The van der Waals surface area contributed by atoms with Crippen LogP contribution in [0.1, 0.15) is 38.2 Å². The molecule has 0 amide bonds. The molecule has 1 aliphatic carbocycles. The van der Waals surface area contributed by atoms with E-state index in [9.17, 15) is 0 Å². The van der Waals surface area contributed by atoms with Crippen LogP contribution in [0.25, 0.3) is 5.57 Å². The highest BCUT2D eigenvalue weighted by molar-refractivity contribution is 6.30. The van der Waals surface area contributed by atoms with E-state index in [-0.39, 0.29) is 0 Å². The van der Waals surface area contributed by atoms with Crippen molar-refractivity contribution >= 4 is 17.2 Å². The Hall–Kier alpha value is -0.750. The first-order chi connectivity index (χ1) is 6.81. The zero-order valence-corrected chi connectivity index (χ0v) is 9.27. The minimum absolute atomic E-state index is 0.845. The van der Waals surface area contributed by atoms with Crippen molar-refractivity contribution in [1.29, 1.82) is 0 Å². The molecular formula is C13H15Cl. The number of benzene rings is 1. The van der Waals surface area contributed by atoms with Gasteiger partial charge < -0.3 is 0 Å². The standard InChI is InChI=1S/C13H15Cl/c1-2-10-5-4-8-13(10)11-6-3-7-12(14)9-11/h3,6-7,9H,2,4-5,8H2,1H3. The highest BCUT2D eigenvalue weighted by atomic mass is 35.5. The van der Waals surface area contributed by atoms with Crippen LogP contribution < -0.4 is 0 Å². The molecule has 1 heteroatoms. The fraction of sp³-hybridized carbons (Fsp3) is 0.385. The van der Waals surface area contributed by atoms with E-state index in [1.165, 1.54) is 36.8 Å². The first-order valence-electron chi connectivity index (χ1n) is 5.28. The van der Waals surface area contributed by atoms with Gasteiger partial charge >= 0.3 is 0 Å². The summed E-state index contributed by atoms with van der Waals surface area (Å²) in [6, 6.07) is 8.22. The first-order valence-corrected chi connectivity index (χ1v) is 5.66. The fourth-order valence-corrected chi connectivity index (χ4v) is 2.41. The third kappa shape index (κ3) is 1.85. The van der Waals surface area contributed by atoms with Gasteiger partial charge in [-0.1, -0.05) is 36.2 Å². The molecule has 74 valence electrons. The predicted octanol–water partition coefficient (Wildman–Crippen LogP) is 4.69. The van der Waals surface area contributed by atoms with E-state index in [2.05, 4.69) is 19.1 Å². The van der Waals surface area contributed by atoms with Crippen molar-refractivity contribution in [2.24, 2.45) is 0 Å². The molecule has 0 nitrogen and oxygen atoms in total. The van der Waals surface area contributed by atoms with E-state index in [0.29, 0.717) is 0 Å². The van der Waals surface area contributed by atoms with Gasteiger partial charge in [0, 0.05) is 5.02 Å². The van der Waals surface area contributed by atoms with E-state index in [4.69, 9.17) is 11.6 Å². The molecule has 0 saturated heterocycles. The van der Waals surface area contributed by atoms with Crippen LogP contribution >= 0.6 is 11.6 Å². The molecule has 0 fully saturated rings. The molecule has 1 aromatic carbocycles. The molecule has 0 radical (unpaired) electrons. The van der Waals surface area contributed by atoms with E-state index in [1.807, 2.05) is 12.1 Å². The van der Waals surface area contributed by atoms with Crippen LogP contribution in [0.2, 0.25) is 5.02 Å². The molecule has 1 aliphatic rings. The monoisotopic (exact) mass is 206 g/mol. The van der Waals surface area contributed by atoms with Crippen molar-refractivity contribution < 1.29 is 0 Å². The molecule has 0 N–H and O–H groups in total. The molecular weight excluding hydrogens is 192 g/mol. The predicted molar refractivity (Wildman–Crippen MR) is 62.5 cm³/mol. The van der Waals surface area contributed by atoms with Gasteiger partial charge in [-0.05, 0) is 49.0 Å². The van der Waals surface area contributed by atoms with Crippen LogP contribution in [0.3, 0.4) is 0 Å². The zero-order valence-electron chi connectivity index (χ0n) is 8.52. The maximum atomic E-state index is 5.99. The Bertz CT molecular complexity index is 363. The molecule has 14 heavy (non-hydrogen) atoms. The summed E-state index contributed by atoms with van der Waals surface area (Å²) in [4.78, 5) is 0. The van der Waals surface area contributed by atoms with Crippen LogP contribution in [0.4, 0.5) is 0 Å². The van der Waals surface area contributed by atoms with E-state index >= 15 is 0 Å². The Morgan fingerprint density at radius 2 is 2.14 bits per heavy atom. The second-order valence-electron chi connectivity index (χ2n) is 3.80. The van der Waals surface area contributed by atoms with Crippen molar-refractivity contribution in [3.63, 3.8) is 0 Å². The maximum absolute atomic E-state index is 5.99. The number of hydrogen-bond donors (Lipinski definition) is 0. The van der Waals surface area contributed by atoms with Crippen molar-refractivity contribution in [3.05, 3.63) is 40.4 Å². The topological polar surface area (TPSA) is 0 Å². The average Bonchev–Trinajstić information content (AvgIpc) is 2.65. The van der Waals surface area contributed by atoms with Gasteiger partial charge in [0.25, 0.3) is 0 Å². The Balaban J connectivity index is 2.39. The maximum Gasteiger partial charge on any atom is 0.0412 e. The molecule has 0 bridgehead atoms. The quantitative estimate of drug-likeness (QED) is 0.659. The lowest BCUT2D eigenvalue weighted by atomic mass is 10.0. The third-order valence-corrected chi connectivity index (χ3v) is 3.17. The van der Waals surface area contributed by atoms with Gasteiger partial charge in [-0.15, -0.1) is 0 Å². The van der Waals surface area contributed by atoms with Crippen molar-refractivity contribution in [3.8, 4) is 0 Å². The number of hydrogen-bond acceptors (Lipinski definition) is 0. The molecule has 0 aliphatic heterocycles. The summed E-state index contributed by atoms with van der Waals surface area (Å²) < 4.78 is 0. The van der Waals surface area contributed by atoms with Gasteiger partial charge in [-0.2, -0.15) is 0 Å². The molecule has 0 unspecified atom stereocenters. The van der Waals surface area contributed by atoms with E-state index in [1.54, 1.807) is 5.57 Å². The second kappa shape index (κ2) is 4.18. The van der Waals surface area contributed by atoms with Crippen LogP contribution in [0.5, 0.6) is 0 Å². The van der Waals surface area contributed by atoms with Gasteiger partial charge in [0.15, 0.2) is 0 Å². The van der Waals surface area contributed by atoms with Crippen LogP contribution in [-0.2, 0) is 0 Å². The molecule has 1 aromatic rings. The minimum Gasteiger partial charge on any atom is -0.0843 e. The van der Waals surface area contributed by atoms with Crippen molar-refractivity contribution in [2.45, 2.75) is 32.6 Å². The van der Waals surface area contributed by atoms with Gasteiger partial charge in [0.1, 0.15) is 0 Å². The second-order valence-corrected chi connectivity index (χ2v) is 4.24. The largest absolute Gasteiger partial charge is 0.0843 e. The van der Waals surface area contributed by atoms with Gasteiger partial charge in [-0.25, -0.2) is 0 Å². The van der Waals surface area contributed by atoms with E-state index in [0.717, 1.165) is 5.02 Å². The molecule has 0 spiro atoms. The van der Waals surface area contributed by atoms with Crippen molar-refractivity contribution in [2.75, 3.05) is 0 Å². The molecule has 0 atom stereocenters. The molecule has 0 saturated carbocycles. The summed E-state index contributed by atoms with van der Waals surface area (Å²) in [6.07, 6.45) is 4.99. The molecule has 2 rings (SSSR count). The van der Waals surface area contributed by atoms with Crippen LogP contribution in [0, 0.1) is 0 Å². The lowest BCUT2D eigenvalue weighted by Crippen LogP contribution is -1.83. The SMILES string of the molecule is CCC1=C(c2cccc(Cl)c2)CCC1. The summed E-state index contributed by atoms with van der Waals surface area (Å²) >= 11 is 5.99. The zero-order chi connectivity index (χ0) is 9.97. The van der Waals surface area contributed by atoms with E-state index < -0.39 is 0 Å². The third-order valence-electron chi connectivity index (χ3n) is 2.93. The lowest BCUT2D eigenvalue weighted by molar-refractivity contribution is 0.881. The van der Waals surface area contributed by atoms with Crippen molar-refractivity contribution in [1.82, 2.24) is 0 Å². The Morgan fingerprint density at radius 1 is 1.29 bits per heavy atom. The summed E-state index contributed by atoms with van der Waals surface area (Å²) in [5.41, 5.74) is 4.48. The molecule has 0 aromatic heterocycles. The Morgan fingerprint density at radius 3 is 2.86 bits per heavy atom. The first kappa shape index (κ1) is 9.79. The number of rotatable bonds is 2. The van der Waals surface area contributed by atoms with Crippen LogP contribution in [-0.4, -0.2) is 0 Å². The van der Waals surface area contributed by atoms with Gasteiger partial charge in [0.2, 0.25) is 0 Å². The summed E-state index contributed by atoms with van der Waals surface area (Å²) in [5, 5.41) is 0.845. The lowest BCUT2D eigenvalue weighted by Gasteiger charge is -2.06. The average molecular weight is 207 g/mol. The molecule has 0 heterocycles. The fourth-order valence-electron chi connectivity index (χ4n) is 2.22.